The molecule has 0 bridgehead atoms. The Morgan fingerprint density at radius 3 is 2.38 bits per heavy atom. The number of aryl methyl sites for hydroxylation is 1. The second-order valence-corrected chi connectivity index (χ2v) is 7.12. The van der Waals surface area contributed by atoms with Crippen molar-refractivity contribution in [2.24, 2.45) is 17.8 Å². The molecule has 2 unspecified atom stereocenters. The largest absolute Gasteiger partial charge is 0.481 e. The van der Waals surface area contributed by atoms with Gasteiger partial charge in [0.2, 0.25) is 5.91 Å². The molecule has 1 aliphatic rings. The summed E-state index contributed by atoms with van der Waals surface area (Å²) in [5.74, 6) is -2.34. The molecule has 2 amide bonds. The SMILES string of the molecule is Cc1cc(C(=O)NCC(C)C)ccc1NC(=O)C1CC=CCC1C(=O)O. The first-order valence-corrected chi connectivity index (χ1v) is 8.87. The molecule has 0 saturated carbocycles. The number of hydrogen-bond donors (Lipinski definition) is 3. The van der Waals surface area contributed by atoms with Gasteiger partial charge in [-0.1, -0.05) is 26.0 Å². The summed E-state index contributed by atoms with van der Waals surface area (Å²) in [6.07, 6.45) is 4.43. The number of carbonyl (C=O) groups is 3. The first-order chi connectivity index (χ1) is 12.3. The molecule has 2 atom stereocenters. The Balaban J connectivity index is 2.07. The molecule has 6 nitrogen and oxygen atoms in total. The smallest absolute Gasteiger partial charge is 0.307 e. The van der Waals surface area contributed by atoms with Gasteiger partial charge in [0.15, 0.2) is 0 Å². The Morgan fingerprint density at radius 2 is 1.81 bits per heavy atom. The van der Waals surface area contributed by atoms with Crippen LogP contribution in [0.15, 0.2) is 30.4 Å². The van der Waals surface area contributed by atoms with E-state index in [4.69, 9.17) is 0 Å². The number of carbonyl (C=O) groups excluding carboxylic acids is 2. The van der Waals surface area contributed by atoms with Crippen molar-refractivity contribution in [3.05, 3.63) is 41.5 Å². The van der Waals surface area contributed by atoms with E-state index in [0.717, 1.165) is 5.56 Å². The maximum absolute atomic E-state index is 12.5. The number of anilines is 1. The zero-order chi connectivity index (χ0) is 19.3. The molecule has 0 aromatic heterocycles. The highest BCUT2D eigenvalue weighted by Gasteiger charge is 2.34. The van der Waals surface area contributed by atoms with Crippen LogP contribution in [0.4, 0.5) is 5.69 Å². The number of carboxylic acid groups (broad SMARTS) is 1. The fourth-order valence-corrected chi connectivity index (χ4v) is 2.95. The van der Waals surface area contributed by atoms with Crippen molar-refractivity contribution >= 4 is 23.5 Å². The standard InChI is InChI=1S/C20H26N2O4/c1-12(2)11-21-18(23)14-8-9-17(13(3)10-14)22-19(24)15-6-4-5-7-16(15)20(25)26/h4-5,8-10,12,15-16H,6-7,11H2,1-3H3,(H,21,23)(H,22,24)(H,25,26). The van der Waals surface area contributed by atoms with E-state index in [-0.39, 0.29) is 11.8 Å². The van der Waals surface area contributed by atoms with Crippen molar-refractivity contribution in [1.82, 2.24) is 5.32 Å². The molecule has 26 heavy (non-hydrogen) atoms. The zero-order valence-electron chi connectivity index (χ0n) is 15.4. The van der Waals surface area contributed by atoms with E-state index in [2.05, 4.69) is 10.6 Å². The van der Waals surface area contributed by atoms with Crippen molar-refractivity contribution in [3.63, 3.8) is 0 Å². The van der Waals surface area contributed by atoms with Crippen LogP contribution in [-0.2, 0) is 9.59 Å². The summed E-state index contributed by atoms with van der Waals surface area (Å²) in [5.41, 5.74) is 1.88. The van der Waals surface area contributed by atoms with E-state index in [1.165, 1.54) is 0 Å². The van der Waals surface area contributed by atoms with Crippen LogP contribution in [0.25, 0.3) is 0 Å². The van der Waals surface area contributed by atoms with Crippen molar-refractivity contribution in [2.75, 3.05) is 11.9 Å². The number of amides is 2. The van der Waals surface area contributed by atoms with Crippen molar-refractivity contribution in [1.29, 1.82) is 0 Å². The van der Waals surface area contributed by atoms with Gasteiger partial charge >= 0.3 is 5.97 Å². The summed E-state index contributed by atoms with van der Waals surface area (Å²) in [5, 5.41) is 15.0. The first-order valence-electron chi connectivity index (χ1n) is 8.87. The second kappa shape index (κ2) is 8.65. The van der Waals surface area contributed by atoms with Crippen LogP contribution >= 0.6 is 0 Å². The molecular weight excluding hydrogens is 332 g/mol. The topological polar surface area (TPSA) is 95.5 Å². The number of hydrogen-bond acceptors (Lipinski definition) is 3. The second-order valence-electron chi connectivity index (χ2n) is 7.12. The van der Waals surface area contributed by atoms with Crippen LogP contribution < -0.4 is 10.6 Å². The molecule has 0 radical (unpaired) electrons. The zero-order valence-corrected chi connectivity index (χ0v) is 15.4. The molecule has 2 rings (SSSR count). The minimum absolute atomic E-state index is 0.150. The van der Waals surface area contributed by atoms with Crippen molar-refractivity contribution < 1.29 is 19.5 Å². The average molecular weight is 358 g/mol. The number of allylic oxidation sites excluding steroid dienone is 2. The molecule has 140 valence electrons. The molecule has 3 N–H and O–H groups in total. The van der Waals surface area contributed by atoms with Crippen molar-refractivity contribution in [2.45, 2.75) is 33.6 Å². The van der Waals surface area contributed by atoms with Crippen LogP contribution in [-0.4, -0.2) is 29.4 Å². The fraction of sp³-hybridized carbons (Fsp3) is 0.450. The Labute approximate surface area is 153 Å². The summed E-state index contributed by atoms with van der Waals surface area (Å²) in [6.45, 7) is 6.45. The van der Waals surface area contributed by atoms with Gasteiger partial charge in [-0.3, -0.25) is 14.4 Å². The van der Waals surface area contributed by atoms with E-state index in [1.54, 1.807) is 24.3 Å². The Bertz CT molecular complexity index is 725. The number of benzene rings is 1. The minimum atomic E-state index is -0.955. The lowest BCUT2D eigenvalue weighted by Gasteiger charge is -2.24. The Hall–Kier alpha value is -2.63. The molecular formula is C20H26N2O4. The average Bonchev–Trinajstić information content (AvgIpc) is 2.61. The molecule has 1 aromatic carbocycles. The van der Waals surface area contributed by atoms with Gasteiger partial charge in [-0.15, -0.1) is 0 Å². The third-order valence-electron chi connectivity index (χ3n) is 4.50. The van der Waals surface area contributed by atoms with Gasteiger partial charge in [0, 0.05) is 17.8 Å². The number of rotatable bonds is 6. The molecule has 0 aliphatic heterocycles. The number of aliphatic carboxylic acids is 1. The van der Waals surface area contributed by atoms with Crippen LogP contribution in [0, 0.1) is 24.7 Å². The third kappa shape index (κ3) is 4.94. The van der Waals surface area contributed by atoms with Gasteiger partial charge in [0.05, 0.1) is 11.8 Å². The lowest BCUT2D eigenvalue weighted by Crippen LogP contribution is -2.34. The number of nitrogens with one attached hydrogen (secondary N) is 2. The molecule has 0 heterocycles. The van der Waals surface area contributed by atoms with Crippen molar-refractivity contribution in [3.8, 4) is 0 Å². The summed E-state index contributed by atoms with van der Waals surface area (Å²) < 4.78 is 0. The quantitative estimate of drug-likeness (QED) is 0.681. The van der Waals surface area contributed by atoms with Gasteiger partial charge in [0.25, 0.3) is 5.91 Å². The molecule has 1 aliphatic carbocycles. The van der Waals surface area contributed by atoms with E-state index in [9.17, 15) is 19.5 Å². The Morgan fingerprint density at radius 1 is 1.15 bits per heavy atom. The summed E-state index contributed by atoms with van der Waals surface area (Å²) in [6, 6.07) is 5.07. The highest BCUT2D eigenvalue weighted by Crippen LogP contribution is 2.28. The predicted molar refractivity (Wildman–Crippen MR) is 100.0 cm³/mol. The minimum Gasteiger partial charge on any atom is -0.481 e. The van der Waals surface area contributed by atoms with Crippen LogP contribution in [0.1, 0.15) is 42.6 Å². The van der Waals surface area contributed by atoms with Gasteiger partial charge in [-0.05, 0) is 49.4 Å². The van der Waals surface area contributed by atoms with E-state index >= 15 is 0 Å². The van der Waals surface area contributed by atoms with Gasteiger partial charge < -0.3 is 15.7 Å². The summed E-state index contributed by atoms with van der Waals surface area (Å²) in [4.78, 5) is 36.0. The molecule has 6 heteroatoms. The molecule has 1 aromatic rings. The molecule has 0 fully saturated rings. The predicted octanol–water partition coefficient (Wildman–Crippen LogP) is 2.99. The van der Waals surface area contributed by atoms with Gasteiger partial charge in [0.1, 0.15) is 0 Å². The lowest BCUT2D eigenvalue weighted by molar-refractivity contribution is -0.146. The highest BCUT2D eigenvalue weighted by atomic mass is 16.4. The highest BCUT2D eigenvalue weighted by molar-refractivity contribution is 5.98. The van der Waals surface area contributed by atoms with E-state index in [0.29, 0.717) is 36.6 Å². The summed E-state index contributed by atoms with van der Waals surface area (Å²) in [7, 11) is 0. The Kier molecular flexibility index (Phi) is 6.55. The maximum Gasteiger partial charge on any atom is 0.307 e. The van der Waals surface area contributed by atoms with E-state index < -0.39 is 17.8 Å². The van der Waals surface area contributed by atoms with Gasteiger partial charge in [-0.25, -0.2) is 0 Å². The normalized spacial score (nSPS) is 19.2. The third-order valence-corrected chi connectivity index (χ3v) is 4.50. The summed E-state index contributed by atoms with van der Waals surface area (Å²) >= 11 is 0. The van der Waals surface area contributed by atoms with Crippen LogP contribution in [0.3, 0.4) is 0 Å². The van der Waals surface area contributed by atoms with E-state index in [1.807, 2.05) is 26.8 Å². The van der Waals surface area contributed by atoms with Crippen LogP contribution in [0.2, 0.25) is 0 Å². The first kappa shape index (κ1) is 19.7. The lowest BCUT2D eigenvalue weighted by atomic mass is 9.82. The molecule has 0 saturated heterocycles. The number of carboxylic acids is 1. The van der Waals surface area contributed by atoms with Crippen LogP contribution in [0.5, 0.6) is 0 Å². The van der Waals surface area contributed by atoms with Gasteiger partial charge in [-0.2, -0.15) is 0 Å². The maximum atomic E-state index is 12.5. The fourth-order valence-electron chi connectivity index (χ4n) is 2.95. The molecule has 0 spiro atoms. The monoisotopic (exact) mass is 358 g/mol.